The summed E-state index contributed by atoms with van der Waals surface area (Å²) in [5.41, 5.74) is 0. The molecule has 0 aromatic carbocycles. The third-order valence-corrected chi connectivity index (χ3v) is 6.11. The van der Waals surface area contributed by atoms with Gasteiger partial charge in [0.2, 0.25) is 5.91 Å². The van der Waals surface area contributed by atoms with E-state index in [0.29, 0.717) is 6.42 Å². The Balaban J connectivity index is 0. The molecule has 0 bridgehead atoms. The summed E-state index contributed by atoms with van der Waals surface area (Å²) < 4.78 is 33.6. The fraction of sp³-hybridized carbons (Fsp3) is 0.952. The second-order valence-electron chi connectivity index (χ2n) is 7.64. The minimum Gasteiger partial charge on any atom is -0.746 e. The molecule has 0 aliphatic carbocycles. The van der Waals surface area contributed by atoms with E-state index in [1.807, 2.05) is 0 Å². The van der Waals surface area contributed by atoms with Gasteiger partial charge < -0.3 is 9.87 Å². The molecule has 1 atom stereocenters. The van der Waals surface area contributed by atoms with Crippen LogP contribution < -0.4 is 34.9 Å². The molecule has 0 saturated carbocycles. The Labute approximate surface area is 196 Å². The number of carbonyl (C=O) groups excluding carboxylic acids is 1. The van der Waals surface area contributed by atoms with Gasteiger partial charge in [0.05, 0.1) is 0 Å². The Bertz CT molecular complexity index is 457. The van der Waals surface area contributed by atoms with Crippen molar-refractivity contribution < 1.29 is 47.3 Å². The van der Waals surface area contributed by atoms with Crippen LogP contribution in [-0.2, 0) is 14.9 Å². The van der Waals surface area contributed by atoms with E-state index >= 15 is 0 Å². The van der Waals surface area contributed by atoms with Crippen LogP contribution in [0.5, 0.6) is 0 Å². The Hall–Kier alpha value is 0.380. The normalized spacial score (nSPS) is 12.4. The summed E-state index contributed by atoms with van der Waals surface area (Å²) in [6.07, 6.45) is 19.0. The van der Waals surface area contributed by atoms with Crippen LogP contribution in [0.3, 0.4) is 0 Å². The number of amides is 1. The molecule has 0 aliphatic heterocycles. The first kappa shape index (κ1) is 30.6. The average Bonchev–Trinajstić information content (AvgIpc) is 2.62. The maximum Gasteiger partial charge on any atom is 1.00 e. The Morgan fingerprint density at radius 2 is 1.11 bits per heavy atom. The van der Waals surface area contributed by atoms with Crippen molar-refractivity contribution in [1.29, 1.82) is 0 Å². The molecule has 0 fully saturated rings. The molecule has 0 spiro atoms. The van der Waals surface area contributed by atoms with Crippen molar-refractivity contribution in [3.05, 3.63) is 0 Å². The zero-order chi connectivity index (χ0) is 20.4. The van der Waals surface area contributed by atoms with Crippen molar-refractivity contribution in [2.24, 2.45) is 0 Å². The standard InChI is InChI=1S/C21H43NO4S.Na/c1-3-5-6-7-8-9-10-11-12-13-14-15-16-17-18-19-21(27(24,25)26)22-20(23)4-2;/h21H,3-19H2,1-2H3,(H,22,23)(H,24,25,26);/q;+1/p-1. The molecule has 1 unspecified atom stereocenters. The van der Waals surface area contributed by atoms with Crippen LogP contribution in [0.25, 0.3) is 0 Å². The monoisotopic (exact) mass is 427 g/mol. The maximum atomic E-state index is 11.3. The zero-order valence-corrected chi connectivity index (χ0v) is 21.5. The molecule has 0 radical (unpaired) electrons. The summed E-state index contributed by atoms with van der Waals surface area (Å²) in [7, 11) is -4.47. The van der Waals surface area contributed by atoms with E-state index in [9.17, 15) is 17.8 Å². The number of rotatable bonds is 19. The Morgan fingerprint density at radius 1 is 0.750 bits per heavy atom. The quantitative estimate of drug-likeness (QED) is 0.195. The number of hydrogen-bond donors (Lipinski definition) is 1. The van der Waals surface area contributed by atoms with Crippen LogP contribution in [0, 0.1) is 0 Å². The zero-order valence-electron chi connectivity index (χ0n) is 18.6. The molecular weight excluding hydrogens is 385 g/mol. The van der Waals surface area contributed by atoms with Crippen LogP contribution in [0.2, 0.25) is 0 Å². The average molecular weight is 428 g/mol. The fourth-order valence-corrected chi connectivity index (χ4v) is 4.00. The molecule has 28 heavy (non-hydrogen) atoms. The van der Waals surface area contributed by atoms with E-state index < -0.39 is 15.5 Å². The van der Waals surface area contributed by atoms with Gasteiger partial charge >= 0.3 is 29.6 Å². The van der Waals surface area contributed by atoms with Crippen LogP contribution in [0.15, 0.2) is 0 Å². The molecule has 0 aromatic rings. The predicted molar refractivity (Wildman–Crippen MR) is 111 cm³/mol. The second kappa shape index (κ2) is 20.6. The minimum absolute atomic E-state index is 0. The fourth-order valence-electron chi connectivity index (χ4n) is 3.27. The summed E-state index contributed by atoms with van der Waals surface area (Å²) in [6.45, 7) is 3.89. The minimum atomic E-state index is -4.47. The van der Waals surface area contributed by atoms with E-state index in [1.54, 1.807) is 6.92 Å². The van der Waals surface area contributed by atoms with E-state index in [0.717, 1.165) is 19.3 Å². The Kier molecular flexibility index (Phi) is 22.5. The molecule has 0 saturated heterocycles. The van der Waals surface area contributed by atoms with Crippen molar-refractivity contribution in [2.45, 2.75) is 128 Å². The van der Waals surface area contributed by atoms with Gasteiger partial charge in [0.15, 0.2) is 0 Å². The molecule has 7 heteroatoms. The molecule has 0 rings (SSSR count). The molecule has 0 aliphatic rings. The third-order valence-electron chi connectivity index (χ3n) is 5.06. The van der Waals surface area contributed by atoms with Crippen molar-refractivity contribution in [3.63, 3.8) is 0 Å². The van der Waals surface area contributed by atoms with Crippen molar-refractivity contribution in [1.82, 2.24) is 5.32 Å². The predicted octanol–water partition coefficient (Wildman–Crippen LogP) is 2.65. The van der Waals surface area contributed by atoms with E-state index in [1.165, 1.54) is 70.6 Å². The summed E-state index contributed by atoms with van der Waals surface area (Å²) in [5, 5.41) is 1.05. The number of unbranched alkanes of at least 4 members (excludes halogenated alkanes) is 14. The van der Waals surface area contributed by atoms with Gasteiger partial charge in [0.1, 0.15) is 15.5 Å². The first-order chi connectivity index (χ1) is 12.9. The van der Waals surface area contributed by atoms with E-state index in [4.69, 9.17) is 0 Å². The Morgan fingerprint density at radius 3 is 1.43 bits per heavy atom. The molecular formula is C21H42NNaO4S. The van der Waals surface area contributed by atoms with Gasteiger partial charge in [-0.3, -0.25) is 4.79 Å². The largest absolute Gasteiger partial charge is 1.00 e. The van der Waals surface area contributed by atoms with Gasteiger partial charge in [-0.1, -0.05) is 110 Å². The van der Waals surface area contributed by atoms with Crippen LogP contribution in [0.1, 0.15) is 123 Å². The number of nitrogens with one attached hydrogen (secondary N) is 1. The van der Waals surface area contributed by atoms with Crippen LogP contribution >= 0.6 is 0 Å². The molecule has 1 amide bonds. The van der Waals surface area contributed by atoms with E-state index in [-0.39, 0.29) is 48.3 Å². The van der Waals surface area contributed by atoms with Gasteiger partial charge in [-0.2, -0.15) is 0 Å². The van der Waals surface area contributed by atoms with Gasteiger partial charge in [-0.25, -0.2) is 8.42 Å². The summed E-state index contributed by atoms with van der Waals surface area (Å²) >= 11 is 0. The van der Waals surface area contributed by atoms with Crippen molar-refractivity contribution in [2.75, 3.05) is 0 Å². The molecule has 1 N–H and O–H groups in total. The molecule has 0 aromatic heterocycles. The maximum absolute atomic E-state index is 11.3. The molecule has 0 heterocycles. The smallest absolute Gasteiger partial charge is 0.746 e. The van der Waals surface area contributed by atoms with Crippen molar-refractivity contribution in [3.8, 4) is 0 Å². The SMILES string of the molecule is CCCCCCCCCCCCCCCCCC(NC(=O)CC)S(=O)(=O)[O-].[Na+]. The van der Waals surface area contributed by atoms with Gasteiger partial charge in [-0.05, 0) is 6.42 Å². The van der Waals surface area contributed by atoms with Gasteiger partial charge in [0.25, 0.3) is 0 Å². The first-order valence-corrected chi connectivity index (χ1v) is 12.6. The van der Waals surface area contributed by atoms with Crippen LogP contribution in [0.4, 0.5) is 0 Å². The third kappa shape index (κ3) is 19.7. The van der Waals surface area contributed by atoms with Crippen molar-refractivity contribution >= 4 is 16.0 Å². The number of carbonyl (C=O) groups is 1. The second-order valence-corrected chi connectivity index (χ2v) is 9.20. The summed E-state index contributed by atoms with van der Waals surface area (Å²) in [5.74, 6) is -0.389. The topological polar surface area (TPSA) is 86.3 Å². The number of hydrogen-bond acceptors (Lipinski definition) is 4. The first-order valence-electron chi connectivity index (χ1n) is 11.2. The van der Waals surface area contributed by atoms with Gasteiger partial charge in [0, 0.05) is 6.42 Å². The summed E-state index contributed by atoms with van der Waals surface area (Å²) in [4.78, 5) is 11.3. The molecule has 5 nitrogen and oxygen atoms in total. The van der Waals surface area contributed by atoms with Crippen LogP contribution in [-0.4, -0.2) is 24.3 Å². The van der Waals surface area contributed by atoms with E-state index in [2.05, 4.69) is 12.2 Å². The van der Waals surface area contributed by atoms with Gasteiger partial charge in [-0.15, -0.1) is 0 Å². The summed E-state index contributed by atoms with van der Waals surface area (Å²) in [6, 6.07) is 0. The molecule has 162 valence electrons.